The summed E-state index contributed by atoms with van der Waals surface area (Å²) in [5.41, 5.74) is 6.24. The van der Waals surface area contributed by atoms with Crippen LogP contribution in [0.2, 0.25) is 0 Å². The Morgan fingerprint density at radius 2 is 1.86 bits per heavy atom. The zero-order valence-electron chi connectivity index (χ0n) is 13.2. The Morgan fingerprint density at radius 3 is 2.52 bits per heavy atom. The Kier molecular flexibility index (Phi) is 5.37. The van der Waals surface area contributed by atoms with Crippen molar-refractivity contribution in [3.63, 3.8) is 0 Å². The zero-order chi connectivity index (χ0) is 15.3. The first-order valence-corrected chi connectivity index (χ1v) is 7.83. The van der Waals surface area contributed by atoms with Crippen molar-refractivity contribution < 1.29 is 4.79 Å². The fourth-order valence-electron chi connectivity index (χ4n) is 2.95. The van der Waals surface area contributed by atoms with Gasteiger partial charge in [0, 0.05) is 32.7 Å². The average Bonchev–Trinajstić information content (AvgIpc) is 2.73. The predicted molar refractivity (Wildman–Crippen MR) is 86.2 cm³/mol. The summed E-state index contributed by atoms with van der Waals surface area (Å²) >= 11 is 0. The van der Waals surface area contributed by atoms with Crippen LogP contribution in [0.25, 0.3) is 0 Å². The molecule has 116 valence electrons. The van der Waals surface area contributed by atoms with Gasteiger partial charge < -0.3 is 15.5 Å². The Hall–Kier alpha value is -1.39. The van der Waals surface area contributed by atoms with Crippen molar-refractivity contribution in [2.75, 3.05) is 39.3 Å². The molecule has 0 spiro atoms. The van der Waals surface area contributed by atoms with Crippen LogP contribution in [0.15, 0.2) is 30.3 Å². The minimum atomic E-state index is -0.468. The van der Waals surface area contributed by atoms with Crippen LogP contribution in [0.5, 0.6) is 0 Å². The molecule has 4 heteroatoms. The second-order valence-corrected chi connectivity index (χ2v) is 6.27. The lowest BCUT2D eigenvalue weighted by Crippen LogP contribution is -2.45. The van der Waals surface area contributed by atoms with Crippen molar-refractivity contribution in [1.82, 2.24) is 9.80 Å². The van der Waals surface area contributed by atoms with E-state index < -0.39 is 5.41 Å². The summed E-state index contributed by atoms with van der Waals surface area (Å²) < 4.78 is 0. The van der Waals surface area contributed by atoms with Gasteiger partial charge >= 0.3 is 0 Å². The summed E-state index contributed by atoms with van der Waals surface area (Å²) in [4.78, 5) is 17.3. The van der Waals surface area contributed by atoms with Crippen molar-refractivity contribution in [3.8, 4) is 0 Å². The van der Waals surface area contributed by atoms with E-state index in [1.165, 1.54) is 0 Å². The maximum absolute atomic E-state index is 12.9. The third-order valence-electron chi connectivity index (χ3n) is 4.35. The molecule has 1 saturated heterocycles. The normalized spacial score (nSPS) is 17.6. The number of nitrogens with two attached hydrogens (primary N) is 1. The van der Waals surface area contributed by atoms with E-state index in [9.17, 15) is 4.79 Å². The summed E-state index contributed by atoms with van der Waals surface area (Å²) in [7, 11) is 0. The highest BCUT2D eigenvalue weighted by Gasteiger charge is 2.34. The molecule has 0 unspecified atom stereocenters. The van der Waals surface area contributed by atoms with Crippen molar-refractivity contribution in [1.29, 1.82) is 0 Å². The van der Waals surface area contributed by atoms with E-state index >= 15 is 0 Å². The fourth-order valence-corrected chi connectivity index (χ4v) is 2.95. The third-order valence-corrected chi connectivity index (χ3v) is 4.35. The highest BCUT2D eigenvalue weighted by Crippen LogP contribution is 2.26. The molecule has 2 N–H and O–H groups in total. The van der Waals surface area contributed by atoms with Gasteiger partial charge in [0.25, 0.3) is 0 Å². The maximum Gasteiger partial charge on any atom is 0.232 e. The minimum absolute atomic E-state index is 0.225. The van der Waals surface area contributed by atoms with Crippen LogP contribution in [-0.4, -0.2) is 55.0 Å². The van der Waals surface area contributed by atoms with E-state index in [1.807, 2.05) is 49.1 Å². The number of amides is 1. The van der Waals surface area contributed by atoms with E-state index in [0.717, 1.165) is 44.7 Å². The van der Waals surface area contributed by atoms with Crippen LogP contribution < -0.4 is 5.73 Å². The molecule has 0 radical (unpaired) electrons. The van der Waals surface area contributed by atoms with E-state index in [2.05, 4.69) is 4.90 Å². The summed E-state index contributed by atoms with van der Waals surface area (Å²) in [6.45, 7) is 9.25. The molecule has 0 bridgehead atoms. The molecule has 1 aromatic rings. The largest absolute Gasteiger partial charge is 0.341 e. The summed E-state index contributed by atoms with van der Waals surface area (Å²) in [6.07, 6.45) is 1.02. The van der Waals surface area contributed by atoms with Gasteiger partial charge in [-0.2, -0.15) is 0 Å². The lowest BCUT2D eigenvalue weighted by Gasteiger charge is -2.31. The highest BCUT2D eigenvalue weighted by molar-refractivity contribution is 5.87. The smallest absolute Gasteiger partial charge is 0.232 e. The molecule has 1 aliphatic rings. The first kappa shape index (κ1) is 16.0. The number of carbonyl (C=O) groups is 1. The van der Waals surface area contributed by atoms with Crippen LogP contribution in [0.3, 0.4) is 0 Å². The monoisotopic (exact) mass is 289 g/mol. The van der Waals surface area contributed by atoms with Gasteiger partial charge in [0.2, 0.25) is 5.91 Å². The van der Waals surface area contributed by atoms with Gasteiger partial charge in [0.1, 0.15) is 0 Å². The lowest BCUT2D eigenvalue weighted by atomic mass is 9.83. The van der Waals surface area contributed by atoms with Gasteiger partial charge in [0.15, 0.2) is 0 Å². The Balaban J connectivity index is 2.05. The van der Waals surface area contributed by atoms with Crippen molar-refractivity contribution in [2.45, 2.75) is 25.7 Å². The van der Waals surface area contributed by atoms with Crippen molar-refractivity contribution >= 4 is 5.91 Å². The van der Waals surface area contributed by atoms with E-state index in [1.54, 1.807) is 0 Å². The van der Waals surface area contributed by atoms with Crippen molar-refractivity contribution in [3.05, 3.63) is 35.9 Å². The molecule has 1 heterocycles. The van der Waals surface area contributed by atoms with Crippen LogP contribution in [0.1, 0.15) is 25.8 Å². The van der Waals surface area contributed by atoms with Crippen molar-refractivity contribution in [2.24, 2.45) is 5.73 Å². The quantitative estimate of drug-likeness (QED) is 0.913. The number of nitrogens with zero attached hydrogens (tertiary/aromatic N) is 2. The molecule has 0 aromatic heterocycles. The number of carbonyl (C=O) groups excluding carboxylic acids is 1. The van der Waals surface area contributed by atoms with E-state index in [0.29, 0.717) is 6.54 Å². The van der Waals surface area contributed by atoms with E-state index in [4.69, 9.17) is 5.73 Å². The zero-order valence-corrected chi connectivity index (χ0v) is 13.2. The predicted octanol–water partition coefficient (Wildman–Crippen LogP) is 1.46. The molecular formula is C17H27N3O. The SMILES string of the molecule is CC(C)(C(=O)N1CCCN(CCN)CC1)c1ccccc1. The number of hydrogen-bond donors (Lipinski definition) is 1. The molecule has 1 fully saturated rings. The Morgan fingerprint density at radius 1 is 1.14 bits per heavy atom. The minimum Gasteiger partial charge on any atom is -0.341 e. The van der Waals surface area contributed by atoms with E-state index in [-0.39, 0.29) is 5.91 Å². The number of hydrogen-bond acceptors (Lipinski definition) is 3. The van der Waals surface area contributed by atoms with Gasteiger partial charge in [-0.15, -0.1) is 0 Å². The molecule has 1 aliphatic heterocycles. The standard InChI is InChI=1S/C17H27N3O/c1-17(2,15-7-4-3-5-8-15)16(21)20-11-6-10-19(12-9-18)13-14-20/h3-5,7-8H,6,9-14,18H2,1-2H3. The number of rotatable bonds is 4. The van der Waals surface area contributed by atoms with Crippen LogP contribution in [0, 0.1) is 0 Å². The Bertz CT molecular complexity index is 458. The third kappa shape index (κ3) is 3.83. The highest BCUT2D eigenvalue weighted by atomic mass is 16.2. The second-order valence-electron chi connectivity index (χ2n) is 6.27. The molecule has 1 amide bonds. The van der Waals surface area contributed by atoms with Gasteiger partial charge in [0.05, 0.1) is 5.41 Å². The molecule has 1 aromatic carbocycles. The molecule has 0 saturated carbocycles. The van der Waals surface area contributed by atoms with Crippen LogP contribution in [0.4, 0.5) is 0 Å². The van der Waals surface area contributed by atoms with Gasteiger partial charge in [-0.05, 0) is 32.4 Å². The molecule has 4 nitrogen and oxygen atoms in total. The van der Waals surface area contributed by atoms with Gasteiger partial charge in [-0.25, -0.2) is 0 Å². The average molecular weight is 289 g/mol. The summed E-state index contributed by atoms with van der Waals surface area (Å²) in [5, 5.41) is 0. The first-order chi connectivity index (χ1) is 10.1. The van der Waals surface area contributed by atoms with Gasteiger partial charge in [-0.3, -0.25) is 4.79 Å². The summed E-state index contributed by atoms with van der Waals surface area (Å²) in [6, 6.07) is 10.1. The molecule has 0 aliphatic carbocycles. The molecule has 0 atom stereocenters. The first-order valence-electron chi connectivity index (χ1n) is 7.83. The topological polar surface area (TPSA) is 49.6 Å². The number of benzene rings is 1. The van der Waals surface area contributed by atoms with Gasteiger partial charge in [-0.1, -0.05) is 30.3 Å². The molecular weight excluding hydrogens is 262 g/mol. The second kappa shape index (κ2) is 7.05. The molecule has 21 heavy (non-hydrogen) atoms. The molecule has 2 rings (SSSR count). The van der Waals surface area contributed by atoms with Crippen LogP contribution in [-0.2, 0) is 10.2 Å². The van der Waals surface area contributed by atoms with Crippen LogP contribution >= 0.6 is 0 Å². The maximum atomic E-state index is 12.9. The lowest BCUT2D eigenvalue weighted by molar-refractivity contribution is -0.136. The fraction of sp³-hybridized carbons (Fsp3) is 0.588. The Labute approximate surface area is 127 Å². The summed E-state index contributed by atoms with van der Waals surface area (Å²) in [5.74, 6) is 0.225.